The third kappa shape index (κ3) is 39.7. The highest BCUT2D eigenvalue weighted by atomic mass is 16.5. The number of ether oxygens (including phenoxy) is 4. The van der Waals surface area contributed by atoms with Gasteiger partial charge in [-0.05, 0) is 39.0 Å². The van der Waals surface area contributed by atoms with Gasteiger partial charge in [-0.3, -0.25) is 24.0 Å². The van der Waals surface area contributed by atoms with E-state index in [1.807, 2.05) is 0 Å². The molecular weight excluding hydrogens is 800 g/mol. The zero-order valence-electron chi connectivity index (χ0n) is 36.3. The first kappa shape index (κ1) is 56.8. The topological polar surface area (TPSA) is 282 Å². The van der Waals surface area contributed by atoms with E-state index in [-0.39, 0.29) is 128 Å². The van der Waals surface area contributed by atoms with Crippen LogP contribution in [0.15, 0.2) is 0 Å². The molecule has 0 rings (SSSR count). The number of carboxylic acid groups (broad SMARTS) is 3. The average Bonchev–Trinajstić information content (AvgIpc) is 3.20. The molecular formula is C42H74N4O15. The number of hydrogen-bond donors (Lipinski definition) is 7. The summed E-state index contributed by atoms with van der Waals surface area (Å²) in [5.74, 6) is -4.81. The fraction of sp³-hybridized carbons (Fsp3) is 0.810. The lowest BCUT2D eigenvalue weighted by molar-refractivity contribution is -0.143. The van der Waals surface area contributed by atoms with Gasteiger partial charge < -0.3 is 60.3 Å². The second kappa shape index (κ2) is 39.9. The molecule has 0 aromatic carbocycles. The van der Waals surface area contributed by atoms with E-state index in [0.717, 1.165) is 38.5 Å². The van der Waals surface area contributed by atoms with Crippen molar-refractivity contribution < 1.29 is 72.6 Å². The molecule has 0 bridgehead atoms. The number of Topliss-reactive ketones (excluding diaryl/α,β-unsaturated/α-hetero) is 1. The summed E-state index contributed by atoms with van der Waals surface area (Å²) in [4.78, 5) is 92.6. The number of aliphatic carboxylic acids is 3. The summed E-state index contributed by atoms with van der Waals surface area (Å²) >= 11 is 0. The normalized spacial score (nSPS) is 12.0. The van der Waals surface area contributed by atoms with Gasteiger partial charge in [0.2, 0.25) is 23.6 Å². The Hall–Kier alpha value is -4.20. The first-order valence-electron chi connectivity index (χ1n) is 21.9. The van der Waals surface area contributed by atoms with Crippen molar-refractivity contribution in [3.63, 3.8) is 0 Å². The fourth-order valence-electron chi connectivity index (χ4n) is 5.95. The molecule has 352 valence electrons. The maximum Gasteiger partial charge on any atom is 0.326 e. The summed E-state index contributed by atoms with van der Waals surface area (Å²) in [5, 5.41) is 37.5. The number of carbonyl (C=O) groups excluding carboxylic acids is 5. The van der Waals surface area contributed by atoms with Gasteiger partial charge in [-0.15, -0.1) is 0 Å². The molecule has 0 fully saturated rings. The van der Waals surface area contributed by atoms with Crippen LogP contribution < -0.4 is 21.3 Å². The lowest BCUT2D eigenvalue weighted by Crippen LogP contribution is -2.42. The second-order valence-electron chi connectivity index (χ2n) is 14.9. The molecule has 0 aliphatic heterocycles. The van der Waals surface area contributed by atoms with E-state index in [2.05, 4.69) is 21.3 Å². The molecule has 0 spiro atoms. The number of amides is 4. The maximum absolute atomic E-state index is 12.3. The summed E-state index contributed by atoms with van der Waals surface area (Å²) in [7, 11) is 0. The Morgan fingerprint density at radius 2 is 0.803 bits per heavy atom. The first-order chi connectivity index (χ1) is 29.3. The van der Waals surface area contributed by atoms with E-state index >= 15 is 0 Å². The fourth-order valence-corrected chi connectivity index (χ4v) is 5.95. The van der Waals surface area contributed by atoms with Crippen LogP contribution in [0.5, 0.6) is 0 Å². The Bertz CT molecular complexity index is 1250. The van der Waals surface area contributed by atoms with Gasteiger partial charge in [0, 0.05) is 38.8 Å². The molecule has 0 saturated heterocycles. The van der Waals surface area contributed by atoms with Crippen molar-refractivity contribution in [1.82, 2.24) is 21.3 Å². The number of hydrogen-bond acceptors (Lipinski definition) is 12. The molecule has 0 heterocycles. The molecule has 19 heteroatoms. The van der Waals surface area contributed by atoms with E-state index in [4.69, 9.17) is 29.2 Å². The zero-order chi connectivity index (χ0) is 45.4. The maximum atomic E-state index is 12.3. The molecule has 0 aromatic heterocycles. The minimum atomic E-state index is -1.24. The SMILES string of the molecule is CC(=O)CC[C@H](NC(=O)COCCOCCNC(=O)COCCOCCNC(=O)CCC[C@H](NC(=O)CCCCCCCCCCCCCCCCC(=O)O)C(=O)O)C(=O)O. The molecule has 0 unspecified atom stereocenters. The third-order valence-corrected chi connectivity index (χ3v) is 9.34. The van der Waals surface area contributed by atoms with Gasteiger partial charge in [-0.1, -0.05) is 77.0 Å². The van der Waals surface area contributed by atoms with Crippen LogP contribution in [0.3, 0.4) is 0 Å². The van der Waals surface area contributed by atoms with Crippen LogP contribution in [-0.4, -0.2) is 141 Å². The standard InChI is InChI=1S/C42H74N4O15/c1-33(47)21-22-35(42(56)57)46-39(51)32-61-30-28-59-26-24-44-38(50)31-60-29-27-58-25-23-43-36(48)19-16-17-34(41(54)55)45-37(49)18-14-12-10-8-6-4-2-3-5-7-9-11-13-15-20-40(52)53/h34-35H,2-32H2,1H3,(H,43,48)(H,44,50)(H,45,49)(H,46,51)(H,52,53)(H,54,55)(H,56,57)/t34-,35-/m0/s1. The molecule has 0 saturated carbocycles. The minimum Gasteiger partial charge on any atom is -0.481 e. The van der Waals surface area contributed by atoms with Crippen molar-refractivity contribution in [1.29, 1.82) is 0 Å². The third-order valence-electron chi connectivity index (χ3n) is 9.34. The quantitative estimate of drug-likeness (QED) is 0.0433. The van der Waals surface area contributed by atoms with Gasteiger partial charge in [0.1, 0.15) is 31.1 Å². The minimum absolute atomic E-state index is 0.00688. The number of unbranched alkanes of at least 4 members (excludes halogenated alkanes) is 13. The average molecular weight is 875 g/mol. The lowest BCUT2D eigenvalue weighted by atomic mass is 10.0. The number of carbonyl (C=O) groups is 8. The number of rotatable bonds is 44. The zero-order valence-corrected chi connectivity index (χ0v) is 36.3. The van der Waals surface area contributed by atoms with Gasteiger partial charge in [0.05, 0.1) is 39.6 Å². The molecule has 19 nitrogen and oxygen atoms in total. The predicted octanol–water partition coefficient (Wildman–Crippen LogP) is 3.29. The number of carboxylic acids is 3. The van der Waals surface area contributed by atoms with Crippen LogP contribution in [0.25, 0.3) is 0 Å². The molecule has 0 radical (unpaired) electrons. The van der Waals surface area contributed by atoms with E-state index < -0.39 is 35.9 Å². The van der Waals surface area contributed by atoms with Crippen molar-refractivity contribution in [2.75, 3.05) is 65.9 Å². The van der Waals surface area contributed by atoms with E-state index in [9.17, 15) is 43.5 Å². The highest BCUT2D eigenvalue weighted by Gasteiger charge is 2.21. The van der Waals surface area contributed by atoms with Crippen LogP contribution in [0.1, 0.15) is 142 Å². The Balaban J connectivity index is 3.70. The van der Waals surface area contributed by atoms with Crippen LogP contribution in [0.2, 0.25) is 0 Å². The smallest absolute Gasteiger partial charge is 0.326 e. The number of nitrogens with one attached hydrogen (secondary N) is 4. The van der Waals surface area contributed by atoms with Crippen molar-refractivity contribution in [3.8, 4) is 0 Å². The van der Waals surface area contributed by atoms with Gasteiger partial charge in [0.25, 0.3) is 0 Å². The highest BCUT2D eigenvalue weighted by Crippen LogP contribution is 2.14. The second-order valence-corrected chi connectivity index (χ2v) is 14.9. The van der Waals surface area contributed by atoms with Crippen molar-refractivity contribution in [2.24, 2.45) is 0 Å². The highest BCUT2D eigenvalue weighted by molar-refractivity contribution is 5.85. The van der Waals surface area contributed by atoms with Crippen molar-refractivity contribution in [3.05, 3.63) is 0 Å². The molecule has 4 amide bonds. The number of ketones is 1. The van der Waals surface area contributed by atoms with Crippen molar-refractivity contribution in [2.45, 2.75) is 154 Å². The Labute approximate surface area is 360 Å². The van der Waals surface area contributed by atoms with Crippen LogP contribution in [0, 0.1) is 0 Å². The van der Waals surface area contributed by atoms with E-state index in [1.165, 1.54) is 51.9 Å². The molecule has 2 atom stereocenters. The molecule has 0 aliphatic carbocycles. The molecule has 7 N–H and O–H groups in total. The first-order valence-corrected chi connectivity index (χ1v) is 21.9. The molecule has 61 heavy (non-hydrogen) atoms. The Morgan fingerprint density at radius 1 is 0.410 bits per heavy atom. The van der Waals surface area contributed by atoms with Crippen LogP contribution in [-0.2, 0) is 57.3 Å². The van der Waals surface area contributed by atoms with Crippen molar-refractivity contribution >= 4 is 47.3 Å². The van der Waals surface area contributed by atoms with Crippen LogP contribution >= 0.6 is 0 Å². The summed E-state index contributed by atoms with van der Waals surface area (Å²) in [5.41, 5.74) is 0. The van der Waals surface area contributed by atoms with Gasteiger partial charge in [-0.2, -0.15) is 0 Å². The van der Waals surface area contributed by atoms with Crippen LogP contribution in [0.4, 0.5) is 0 Å². The van der Waals surface area contributed by atoms with E-state index in [1.54, 1.807) is 0 Å². The molecule has 0 aliphatic rings. The predicted molar refractivity (Wildman–Crippen MR) is 224 cm³/mol. The van der Waals surface area contributed by atoms with Gasteiger partial charge in [-0.25, -0.2) is 9.59 Å². The summed E-state index contributed by atoms with van der Waals surface area (Å²) in [6.07, 6.45) is 16.2. The van der Waals surface area contributed by atoms with Gasteiger partial charge in [0.15, 0.2) is 0 Å². The largest absolute Gasteiger partial charge is 0.481 e. The summed E-state index contributed by atoms with van der Waals surface area (Å²) < 4.78 is 21.1. The van der Waals surface area contributed by atoms with E-state index in [0.29, 0.717) is 12.8 Å². The Morgan fingerprint density at radius 3 is 1.28 bits per heavy atom. The van der Waals surface area contributed by atoms with Gasteiger partial charge >= 0.3 is 17.9 Å². The summed E-state index contributed by atoms with van der Waals surface area (Å²) in [6, 6.07) is -2.22. The molecule has 0 aromatic rings. The summed E-state index contributed by atoms with van der Waals surface area (Å²) in [6.45, 7) is 2.19. The Kier molecular flexibility index (Phi) is 37.2. The monoisotopic (exact) mass is 875 g/mol. The lowest BCUT2D eigenvalue weighted by Gasteiger charge is -2.14.